The van der Waals surface area contributed by atoms with Gasteiger partial charge in [-0.3, -0.25) is 9.36 Å². The van der Waals surface area contributed by atoms with Crippen molar-refractivity contribution in [2.24, 2.45) is 0 Å². The number of likely N-dealkylation sites (N-methyl/N-ethyl adjacent to an activating group) is 1. The first-order chi connectivity index (χ1) is 36.5. The predicted octanol–water partition coefficient (Wildman–Crippen LogP) is 19.9. The van der Waals surface area contributed by atoms with Crippen LogP contribution >= 0.6 is 7.82 Å². The highest BCUT2D eigenvalue weighted by Crippen LogP contribution is 2.38. The van der Waals surface area contributed by atoms with Crippen molar-refractivity contribution >= 4 is 13.7 Å². The highest BCUT2D eigenvalue weighted by Gasteiger charge is 2.24. The van der Waals surface area contributed by atoms with Gasteiger partial charge in [-0.15, -0.1) is 0 Å². The molecular formula is C66H129N2O6P. The molecule has 75 heavy (non-hydrogen) atoms. The van der Waals surface area contributed by atoms with Gasteiger partial charge >= 0.3 is 0 Å². The van der Waals surface area contributed by atoms with E-state index < -0.39 is 20.0 Å². The number of nitrogens with one attached hydrogen (secondary N) is 1. The van der Waals surface area contributed by atoms with Crippen LogP contribution in [-0.2, 0) is 18.4 Å². The van der Waals surface area contributed by atoms with Crippen molar-refractivity contribution in [3.63, 3.8) is 0 Å². The number of hydrogen-bond donors (Lipinski definition) is 2. The monoisotopic (exact) mass is 1080 g/mol. The number of aliphatic hydroxyl groups is 1. The number of aliphatic hydroxyl groups excluding tert-OH is 1. The molecule has 3 unspecified atom stereocenters. The maximum Gasteiger partial charge on any atom is 0.268 e. The molecule has 0 aliphatic rings. The zero-order valence-corrected chi connectivity index (χ0v) is 51.7. The Morgan fingerprint density at radius 2 is 0.773 bits per heavy atom. The summed E-state index contributed by atoms with van der Waals surface area (Å²) in [5, 5.41) is 14.1. The van der Waals surface area contributed by atoms with Gasteiger partial charge in [0.2, 0.25) is 5.91 Å². The van der Waals surface area contributed by atoms with Gasteiger partial charge in [0, 0.05) is 6.42 Å². The van der Waals surface area contributed by atoms with Crippen molar-refractivity contribution in [2.45, 2.75) is 341 Å². The van der Waals surface area contributed by atoms with E-state index in [1.54, 1.807) is 0 Å². The van der Waals surface area contributed by atoms with E-state index in [9.17, 15) is 19.4 Å². The summed E-state index contributed by atoms with van der Waals surface area (Å²) in [6, 6.07) is -0.801. The minimum absolute atomic E-state index is 0.0136. The van der Waals surface area contributed by atoms with E-state index in [1.165, 1.54) is 250 Å². The standard InChI is InChI=1S/C66H129N2O6P/c1-6-8-10-12-14-16-18-20-22-24-26-28-30-31-32-33-34-35-36-37-38-40-42-44-46-48-50-52-54-56-58-60-66(70)67-64(63-74-75(71,72)73-62-61-68(3,4)5)65(69)59-57-55-53-51-49-47-45-43-41-39-29-27-25-23-21-19-17-15-13-11-9-7-2/h18,20,24,26,30-31,64-65,69H,6-17,19,21-23,25,27-29,32-63H2,1-5H3,(H-,67,70,71,72)/b20-18-,26-24-,31-30-. The summed E-state index contributed by atoms with van der Waals surface area (Å²) in [6.45, 7) is 4.76. The Morgan fingerprint density at radius 1 is 0.467 bits per heavy atom. The van der Waals surface area contributed by atoms with E-state index in [0.717, 1.165) is 51.4 Å². The van der Waals surface area contributed by atoms with Crippen molar-refractivity contribution in [1.29, 1.82) is 0 Å². The Bertz CT molecular complexity index is 1320. The summed E-state index contributed by atoms with van der Waals surface area (Å²) in [4.78, 5) is 25.6. The molecule has 0 fully saturated rings. The molecule has 0 bridgehead atoms. The maximum atomic E-state index is 13.0. The van der Waals surface area contributed by atoms with Crippen LogP contribution in [0.15, 0.2) is 36.5 Å². The molecule has 0 aliphatic heterocycles. The SMILES string of the molecule is CCCCCCC/C=C\C/C=C\C/C=C\CCCCCCCCCCCCCCCCCCC(=O)NC(COP(=O)([O-])OCC[N+](C)(C)C)C(O)CCCCCCCCCCCCCCCCCCCCCCCC. The van der Waals surface area contributed by atoms with E-state index in [4.69, 9.17) is 9.05 Å². The summed E-state index contributed by atoms with van der Waals surface area (Å²) in [7, 11) is 1.32. The number of quaternary nitrogens is 1. The number of hydrogen-bond acceptors (Lipinski definition) is 6. The Balaban J connectivity index is 4.05. The van der Waals surface area contributed by atoms with Crippen LogP contribution in [0, 0.1) is 0 Å². The first-order valence-electron chi connectivity index (χ1n) is 32.8. The van der Waals surface area contributed by atoms with Crippen LogP contribution in [0.1, 0.15) is 328 Å². The molecule has 0 spiro atoms. The third kappa shape index (κ3) is 60.2. The second-order valence-corrected chi connectivity index (χ2v) is 25.2. The van der Waals surface area contributed by atoms with Gasteiger partial charge in [-0.25, -0.2) is 0 Å². The fourth-order valence-electron chi connectivity index (χ4n) is 9.99. The lowest BCUT2D eigenvalue weighted by Gasteiger charge is -2.30. The van der Waals surface area contributed by atoms with Crippen molar-refractivity contribution in [3.8, 4) is 0 Å². The fraction of sp³-hybridized carbons (Fsp3) is 0.894. The molecule has 0 rings (SSSR count). The smallest absolute Gasteiger partial charge is 0.268 e. The molecule has 2 N–H and O–H groups in total. The molecular weight excluding hydrogens is 948 g/mol. The molecule has 0 aromatic heterocycles. The van der Waals surface area contributed by atoms with E-state index >= 15 is 0 Å². The van der Waals surface area contributed by atoms with Crippen molar-refractivity contribution in [2.75, 3.05) is 40.9 Å². The van der Waals surface area contributed by atoms with Crippen LogP contribution in [0.4, 0.5) is 0 Å². The number of phosphoric acid groups is 1. The molecule has 0 aromatic rings. The summed E-state index contributed by atoms with van der Waals surface area (Å²) in [5.74, 6) is -0.159. The van der Waals surface area contributed by atoms with Crippen LogP contribution in [0.3, 0.4) is 0 Å². The minimum Gasteiger partial charge on any atom is -0.756 e. The summed E-state index contributed by atoms with van der Waals surface area (Å²) < 4.78 is 23.5. The second kappa shape index (κ2) is 57.4. The third-order valence-corrected chi connectivity index (χ3v) is 16.1. The number of phosphoric ester groups is 1. The topological polar surface area (TPSA) is 108 Å². The Morgan fingerprint density at radius 3 is 1.12 bits per heavy atom. The zero-order chi connectivity index (χ0) is 54.9. The molecule has 8 nitrogen and oxygen atoms in total. The first kappa shape index (κ1) is 73.7. The quantitative estimate of drug-likeness (QED) is 0.0272. The average Bonchev–Trinajstić information content (AvgIpc) is 3.37. The number of carbonyl (C=O) groups is 1. The first-order valence-corrected chi connectivity index (χ1v) is 34.3. The third-order valence-electron chi connectivity index (χ3n) is 15.1. The highest BCUT2D eigenvalue weighted by molar-refractivity contribution is 7.45. The van der Waals surface area contributed by atoms with Crippen LogP contribution in [0.25, 0.3) is 0 Å². The number of rotatable bonds is 61. The van der Waals surface area contributed by atoms with Crippen molar-refractivity contribution in [3.05, 3.63) is 36.5 Å². The van der Waals surface area contributed by atoms with E-state index in [-0.39, 0.29) is 19.1 Å². The van der Waals surface area contributed by atoms with Gasteiger partial charge in [-0.05, 0) is 51.4 Å². The number of nitrogens with zero attached hydrogens (tertiary/aromatic N) is 1. The lowest BCUT2D eigenvalue weighted by Crippen LogP contribution is -2.46. The summed E-state index contributed by atoms with van der Waals surface area (Å²) in [6.07, 6.45) is 74.8. The van der Waals surface area contributed by atoms with Crippen LogP contribution in [0.2, 0.25) is 0 Å². The van der Waals surface area contributed by atoms with Crippen molar-refractivity contribution in [1.82, 2.24) is 5.32 Å². The number of carbonyl (C=O) groups excluding carboxylic acids is 1. The molecule has 3 atom stereocenters. The molecule has 444 valence electrons. The molecule has 1 amide bonds. The second-order valence-electron chi connectivity index (χ2n) is 23.8. The molecule has 0 saturated carbocycles. The lowest BCUT2D eigenvalue weighted by atomic mass is 10.0. The van der Waals surface area contributed by atoms with Gasteiger partial charge in [-0.2, -0.15) is 0 Å². The average molecular weight is 1080 g/mol. The number of amides is 1. The molecule has 0 radical (unpaired) electrons. The van der Waals surface area contributed by atoms with Gasteiger partial charge in [0.1, 0.15) is 13.2 Å². The number of allylic oxidation sites excluding steroid dienone is 6. The zero-order valence-electron chi connectivity index (χ0n) is 50.8. The highest BCUT2D eigenvalue weighted by atomic mass is 31.2. The van der Waals surface area contributed by atoms with Crippen LogP contribution in [0.5, 0.6) is 0 Å². The largest absolute Gasteiger partial charge is 0.756 e. The molecule has 9 heteroatoms. The summed E-state index contributed by atoms with van der Waals surface area (Å²) in [5.41, 5.74) is 0. The van der Waals surface area contributed by atoms with Crippen LogP contribution in [-0.4, -0.2) is 68.5 Å². The van der Waals surface area contributed by atoms with E-state index in [1.807, 2.05) is 21.1 Å². The van der Waals surface area contributed by atoms with Gasteiger partial charge < -0.3 is 28.8 Å². The van der Waals surface area contributed by atoms with Gasteiger partial charge in [0.05, 0.1) is 39.9 Å². The Kier molecular flexibility index (Phi) is 56.4. The Labute approximate surface area is 467 Å². The van der Waals surface area contributed by atoms with Crippen molar-refractivity contribution < 1.29 is 32.9 Å². The molecule has 0 aromatic carbocycles. The molecule has 0 saturated heterocycles. The van der Waals surface area contributed by atoms with Gasteiger partial charge in [0.25, 0.3) is 7.82 Å². The fourth-order valence-corrected chi connectivity index (χ4v) is 10.7. The van der Waals surface area contributed by atoms with E-state index in [0.29, 0.717) is 23.9 Å². The maximum absolute atomic E-state index is 13.0. The van der Waals surface area contributed by atoms with Gasteiger partial charge in [0.15, 0.2) is 0 Å². The molecule has 0 aliphatic carbocycles. The van der Waals surface area contributed by atoms with Crippen LogP contribution < -0.4 is 10.2 Å². The van der Waals surface area contributed by atoms with E-state index in [2.05, 4.69) is 55.6 Å². The number of unbranched alkanes of at least 4 members (excludes halogenated alkanes) is 42. The Hall–Kier alpha value is -1.28. The predicted molar refractivity (Wildman–Crippen MR) is 325 cm³/mol. The van der Waals surface area contributed by atoms with Gasteiger partial charge in [-0.1, -0.05) is 307 Å². The normalized spacial score (nSPS) is 14.0. The minimum atomic E-state index is -4.58. The molecule has 0 heterocycles. The lowest BCUT2D eigenvalue weighted by molar-refractivity contribution is -0.870. The summed E-state index contributed by atoms with van der Waals surface area (Å²) >= 11 is 0.